The van der Waals surface area contributed by atoms with Crippen molar-refractivity contribution < 1.29 is 9.21 Å². The van der Waals surface area contributed by atoms with Crippen molar-refractivity contribution in [3.8, 4) is 11.3 Å². The predicted octanol–water partition coefficient (Wildman–Crippen LogP) is 6.16. The Morgan fingerprint density at radius 3 is 2.69 bits per heavy atom. The van der Waals surface area contributed by atoms with Crippen molar-refractivity contribution in [2.24, 2.45) is 0 Å². The molecule has 1 saturated heterocycles. The number of halogens is 1. The van der Waals surface area contributed by atoms with Gasteiger partial charge in [-0.1, -0.05) is 35.9 Å². The Kier molecular flexibility index (Phi) is 5.72. The second-order valence-corrected chi connectivity index (χ2v) is 7.61. The highest BCUT2D eigenvalue weighted by Gasteiger charge is 2.16. The van der Waals surface area contributed by atoms with Crippen molar-refractivity contribution >= 4 is 35.0 Å². The molecule has 4 nitrogen and oxygen atoms in total. The zero-order valence-corrected chi connectivity index (χ0v) is 17.1. The van der Waals surface area contributed by atoms with E-state index in [0.29, 0.717) is 16.5 Å². The van der Waals surface area contributed by atoms with Crippen LogP contribution in [0.5, 0.6) is 0 Å². The molecular formula is C24H23ClN2O2. The van der Waals surface area contributed by atoms with Crippen LogP contribution in [0.1, 0.15) is 24.2 Å². The summed E-state index contributed by atoms with van der Waals surface area (Å²) in [5.41, 5.74) is 3.83. The lowest BCUT2D eigenvalue weighted by atomic mass is 10.1. The van der Waals surface area contributed by atoms with Crippen LogP contribution in [0.15, 0.2) is 65.1 Å². The number of nitrogens with one attached hydrogen (secondary N) is 1. The number of amides is 1. The van der Waals surface area contributed by atoms with Gasteiger partial charge in [0, 0.05) is 29.8 Å². The Morgan fingerprint density at radius 1 is 1.10 bits per heavy atom. The van der Waals surface area contributed by atoms with Crippen molar-refractivity contribution in [3.05, 3.63) is 77.0 Å². The lowest BCUT2D eigenvalue weighted by Gasteiger charge is -2.21. The molecule has 0 unspecified atom stereocenters. The molecule has 2 aromatic carbocycles. The largest absolute Gasteiger partial charge is 0.457 e. The molecule has 2 heterocycles. The molecule has 0 aliphatic carbocycles. The van der Waals surface area contributed by atoms with E-state index >= 15 is 0 Å². The van der Waals surface area contributed by atoms with Crippen LogP contribution in [-0.2, 0) is 4.79 Å². The van der Waals surface area contributed by atoms with Crippen LogP contribution >= 0.6 is 11.6 Å². The number of hydrogen-bond acceptors (Lipinski definition) is 3. The lowest BCUT2D eigenvalue weighted by molar-refractivity contribution is -0.111. The summed E-state index contributed by atoms with van der Waals surface area (Å²) in [6, 6.07) is 17.4. The Balaban J connectivity index is 1.44. The number of aryl methyl sites for hydroxylation is 1. The van der Waals surface area contributed by atoms with Crippen LogP contribution in [0.25, 0.3) is 17.4 Å². The van der Waals surface area contributed by atoms with Gasteiger partial charge in [0.05, 0.1) is 11.4 Å². The molecule has 0 spiro atoms. The van der Waals surface area contributed by atoms with Gasteiger partial charge in [-0.05, 0) is 61.7 Å². The highest BCUT2D eigenvalue weighted by atomic mass is 35.5. The fraction of sp³-hybridized carbons (Fsp3) is 0.208. The molecule has 29 heavy (non-hydrogen) atoms. The summed E-state index contributed by atoms with van der Waals surface area (Å²) in [5.74, 6) is 1.14. The molecule has 1 aromatic heterocycles. The van der Waals surface area contributed by atoms with Gasteiger partial charge in [0.25, 0.3) is 0 Å². The average molecular weight is 407 g/mol. The summed E-state index contributed by atoms with van der Waals surface area (Å²) in [6.07, 6.45) is 5.54. The van der Waals surface area contributed by atoms with E-state index in [2.05, 4.69) is 16.3 Å². The predicted molar refractivity (Wildman–Crippen MR) is 119 cm³/mol. The molecule has 1 amide bonds. The van der Waals surface area contributed by atoms with Gasteiger partial charge in [0.1, 0.15) is 11.5 Å². The van der Waals surface area contributed by atoms with E-state index in [1.165, 1.54) is 18.9 Å². The maximum atomic E-state index is 12.4. The van der Waals surface area contributed by atoms with Gasteiger partial charge in [0.15, 0.2) is 0 Å². The number of rotatable bonds is 5. The van der Waals surface area contributed by atoms with Gasteiger partial charge in [-0.15, -0.1) is 0 Å². The van der Waals surface area contributed by atoms with Gasteiger partial charge in [-0.3, -0.25) is 4.79 Å². The zero-order valence-electron chi connectivity index (χ0n) is 16.3. The van der Waals surface area contributed by atoms with E-state index in [4.69, 9.17) is 16.0 Å². The Labute approximate surface area is 175 Å². The molecule has 1 aliphatic heterocycles. The van der Waals surface area contributed by atoms with Crippen molar-refractivity contribution in [1.29, 1.82) is 0 Å². The minimum Gasteiger partial charge on any atom is -0.457 e. The van der Waals surface area contributed by atoms with Gasteiger partial charge < -0.3 is 14.6 Å². The van der Waals surface area contributed by atoms with Gasteiger partial charge >= 0.3 is 0 Å². The first kappa shape index (κ1) is 19.3. The van der Waals surface area contributed by atoms with Crippen molar-refractivity contribution in [1.82, 2.24) is 0 Å². The minimum atomic E-state index is -0.187. The highest BCUT2D eigenvalue weighted by Crippen LogP contribution is 2.29. The van der Waals surface area contributed by atoms with Crippen LogP contribution in [0.4, 0.5) is 11.4 Å². The number of anilines is 2. The summed E-state index contributed by atoms with van der Waals surface area (Å²) in [4.78, 5) is 14.7. The van der Waals surface area contributed by atoms with E-state index in [0.717, 1.165) is 35.6 Å². The number of carbonyl (C=O) groups is 1. The summed E-state index contributed by atoms with van der Waals surface area (Å²) < 4.78 is 5.84. The molecule has 0 atom stereocenters. The number of para-hydroxylation sites is 2. The average Bonchev–Trinajstić information content (AvgIpc) is 3.41. The first-order valence-corrected chi connectivity index (χ1v) is 10.2. The molecule has 0 radical (unpaired) electrons. The van der Waals surface area contributed by atoms with E-state index < -0.39 is 0 Å². The molecule has 1 N–H and O–H groups in total. The maximum Gasteiger partial charge on any atom is 0.248 e. The lowest BCUT2D eigenvalue weighted by Crippen LogP contribution is -2.20. The van der Waals surface area contributed by atoms with Crippen LogP contribution in [-0.4, -0.2) is 19.0 Å². The summed E-state index contributed by atoms with van der Waals surface area (Å²) in [6.45, 7) is 4.02. The minimum absolute atomic E-state index is 0.187. The van der Waals surface area contributed by atoms with E-state index in [1.54, 1.807) is 6.08 Å². The standard InChI is InChI=1S/C24H23ClN2O2/c1-17-8-9-18(16-20(17)25)23-12-10-19(29-23)11-13-24(28)26-21-6-2-3-7-22(21)27-14-4-5-15-27/h2-3,6-13,16H,4-5,14-15H2,1H3,(H,26,28)/b13-11+. The van der Waals surface area contributed by atoms with Crippen molar-refractivity contribution in [2.45, 2.75) is 19.8 Å². The molecule has 1 fully saturated rings. The molecular weight excluding hydrogens is 384 g/mol. The van der Waals surface area contributed by atoms with Crippen molar-refractivity contribution in [3.63, 3.8) is 0 Å². The van der Waals surface area contributed by atoms with E-state index in [1.807, 2.05) is 55.5 Å². The number of hydrogen-bond donors (Lipinski definition) is 1. The topological polar surface area (TPSA) is 45.5 Å². The maximum absolute atomic E-state index is 12.4. The smallest absolute Gasteiger partial charge is 0.248 e. The third-order valence-corrected chi connectivity index (χ3v) is 5.50. The van der Waals surface area contributed by atoms with Gasteiger partial charge in [0.2, 0.25) is 5.91 Å². The van der Waals surface area contributed by atoms with Crippen LogP contribution in [0.2, 0.25) is 5.02 Å². The number of benzene rings is 2. The second-order valence-electron chi connectivity index (χ2n) is 7.20. The first-order valence-electron chi connectivity index (χ1n) is 9.79. The molecule has 0 bridgehead atoms. The van der Waals surface area contributed by atoms with Crippen LogP contribution in [0, 0.1) is 6.92 Å². The molecule has 5 heteroatoms. The molecule has 0 saturated carbocycles. The zero-order chi connectivity index (χ0) is 20.2. The third kappa shape index (κ3) is 4.54. The monoisotopic (exact) mass is 406 g/mol. The quantitative estimate of drug-likeness (QED) is 0.516. The summed E-state index contributed by atoms with van der Waals surface area (Å²) in [5, 5.41) is 3.68. The third-order valence-electron chi connectivity index (χ3n) is 5.09. The fourth-order valence-corrected chi connectivity index (χ4v) is 3.67. The normalized spacial score (nSPS) is 13.9. The molecule has 1 aliphatic rings. The molecule has 4 rings (SSSR count). The molecule has 3 aromatic rings. The van der Waals surface area contributed by atoms with Crippen LogP contribution < -0.4 is 10.2 Å². The second kappa shape index (κ2) is 8.58. The first-order chi connectivity index (χ1) is 14.1. The van der Waals surface area contributed by atoms with E-state index in [9.17, 15) is 4.79 Å². The summed E-state index contributed by atoms with van der Waals surface area (Å²) in [7, 11) is 0. The molecule has 148 valence electrons. The number of nitrogens with zero attached hydrogens (tertiary/aromatic N) is 1. The summed E-state index contributed by atoms with van der Waals surface area (Å²) >= 11 is 6.20. The van der Waals surface area contributed by atoms with Gasteiger partial charge in [-0.2, -0.15) is 0 Å². The Morgan fingerprint density at radius 2 is 1.90 bits per heavy atom. The number of furan rings is 1. The Bertz CT molecular complexity index is 1050. The Hall–Kier alpha value is -2.98. The van der Waals surface area contributed by atoms with E-state index in [-0.39, 0.29) is 5.91 Å². The van der Waals surface area contributed by atoms with Gasteiger partial charge in [-0.25, -0.2) is 0 Å². The SMILES string of the molecule is Cc1ccc(-c2ccc(/C=C/C(=O)Nc3ccccc3N3CCCC3)o2)cc1Cl. The highest BCUT2D eigenvalue weighted by molar-refractivity contribution is 6.31. The number of carbonyl (C=O) groups excluding carboxylic acids is 1. The fourth-order valence-electron chi connectivity index (χ4n) is 3.49. The van der Waals surface area contributed by atoms with Crippen LogP contribution in [0.3, 0.4) is 0 Å². The van der Waals surface area contributed by atoms with Crippen molar-refractivity contribution in [2.75, 3.05) is 23.3 Å².